The molecule has 0 N–H and O–H groups in total. The van der Waals surface area contributed by atoms with E-state index >= 15 is 0 Å². The molecular weight excluding hydrogens is 393 g/mol. The van der Waals surface area contributed by atoms with Gasteiger partial charge in [0, 0.05) is 36.7 Å². The zero-order chi connectivity index (χ0) is 21.6. The fraction of sp³-hybridized carbons (Fsp3) is 0.682. The van der Waals surface area contributed by atoms with Crippen LogP contribution in [0.3, 0.4) is 0 Å². The van der Waals surface area contributed by atoms with Crippen LogP contribution in [-0.2, 0) is 4.79 Å². The van der Waals surface area contributed by atoms with Gasteiger partial charge < -0.3 is 4.90 Å². The van der Waals surface area contributed by atoms with E-state index in [1.807, 2.05) is 29.3 Å². The summed E-state index contributed by atoms with van der Waals surface area (Å²) in [5.74, 6) is -0.600. The summed E-state index contributed by atoms with van der Waals surface area (Å²) >= 11 is 0. The second-order valence-electron chi connectivity index (χ2n) is 9.11. The SMILES string of the molecule is Cc1nc2cc([C@H]3CC[C@H](C(F)(F)F)CC3)nn2c([C@@H]2CN(C=O)CC[C@H]2C)c1C. The van der Waals surface area contributed by atoms with Gasteiger partial charge in [-0.25, -0.2) is 9.50 Å². The smallest absolute Gasteiger partial charge is 0.345 e. The standard InChI is InChI=1S/C22H29F3N4O/c1-13-8-9-28(12-30)11-18(13)21-14(2)15(3)26-20-10-19(27-29(20)21)16-4-6-17(7-5-16)22(23,24)25/h10,12-13,16-18H,4-9,11H2,1-3H3/t13-,16-,17-,18-/m1/s1. The second kappa shape index (κ2) is 7.85. The first-order chi connectivity index (χ1) is 14.2. The molecule has 4 rings (SSSR count). The minimum Gasteiger partial charge on any atom is -0.345 e. The third-order valence-corrected chi connectivity index (χ3v) is 7.25. The van der Waals surface area contributed by atoms with E-state index in [0.717, 1.165) is 47.7 Å². The van der Waals surface area contributed by atoms with E-state index in [0.29, 0.717) is 25.3 Å². The molecule has 3 heterocycles. The first-order valence-electron chi connectivity index (χ1n) is 10.8. The number of carbonyl (C=O) groups excluding carboxylic acids is 1. The van der Waals surface area contributed by atoms with Crippen LogP contribution in [0.25, 0.3) is 5.65 Å². The Bertz CT molecular complexity index is 931. The highest BCUT2D eigenvalue weighted by atomic mass is 19.4. The van der Waals surface area contributed by atoms with Crippen molar-refractivity contribution in [1.29, 1.82) is 0 Å². The van der Waals surface area contributed by atoms with Crippen molar-refractivity contribution in [2.75, 3.05) is 13.1 Å². The number of hydrogen-bond acceptors (Lipinski definition) is 3. The van der Waals surface area contributed by atoms with Gasteiger partial charge in [-0.1, -0.05) is 6.92 Å². The van der Waals surface area contributed by atoms with Gasteiger partial charge in [-0.15, -0.1) is 0 Å². The molecule has 30 heavy (non-hydrogen) atoms. The number of nitrogens with zero attached hydrogens (tertiary/aromatic N) is 4. The number of fused-ring (bicyclic) bond motifs is 1. The van der Waals surface area contributed by atoms with Gasteiger partial charge in [-0.2, -0.15) is 18.3 Å². The first kappa shape index (κ1) is 21.1. The molecule has 2 fully saturated rings. The predicted molar refractivity (Wildman–Crippen MR) is 107 cm³/mol. The van der Waals surface area contributed by atoms with Crippen molar-refractivity contribution < 1.29 is 18.0 Å². The minimum atomic E-state index is -4.10. The van der Waals surface area contributed by atoms with Crippen LogP contribution >= 0.6 is 0 Å². The van der Waals surface area contributed by atoms with Gasteiger partial charge in [0.25, 0.3) is 0 Å². The van der Waals surface area contributed by atoms with Crippen LogP contribution < -0.4 is 0 Å². The first-order valence-corrected chi connectivity index (χ1v) is 10.8. The van der Waals surface area contributed by atoms with Crippen LogP contribution in [0, 0.1) is 25.7 Å². The highest BCUT2D eigenvalue weighted by Crippen LogP contribution is 2.43. The van der Waals surface area contributed by atoms with E-state index in [-0.39, 0.29) is 24.7 Å². The summed E-state index contributed by atoms with van der Waals surface area (Å²) in [4.78, 5) is 17.9. The Kier molecular flexibility index (Phi) is 5.53. The summed E-state index contributed by atoms with van der Waals surface area (Å²) in [6.45, 7) is 7.64. The lowest BCUT2D eigenvalue weighted by Gasteiger charge is -2.36. The van der Waals surface area contributed by atoms with Crippen molar-refractivity contribution in [1.82, 2.24) is 19.5 Å². The van der Waals surface area contributed by atoms with Crippen LogP contribution in [0.2, 0.25) is 0 Å². The zero-order valence-corrected chi connectivity index (χ0v) is 17.7. The Labute approximate surface area is 174 Å². The van der Waals surface area contributed by atoms with E-state index in [2.05, 4.69) is 6.92 Å². The molecule has 1 saturated heterocycles. The summed E-state index contributed by atoms with van der Waals surface area (Å²) in [5.41, 5.74) is 4.66. The van der Waals surface area contributed by atoms with Gasteiger partial charge in [0.15, 0.2) is 5.65 Å². The van der Waals surface area contributed by atoms with Crippen LogP contribution in [0.1, 0.15) is 73.5 Å². The van der Waals surface area contributed by atoms with Crippen molar-refractivity contribution in [2.24, 2.45) is 11.8 Å². The number of aromatic nitrogens is 3. The van der Waals surface area contributed by atoms with E-state index < -0.39 is 12.1 Å². The summed E-state index contributed by atoms with van der Waals surface area (Å²) in [5, 5.41) is 4.85. The Morgan fingerprint density at radius 2 is 1.83 bits per heavy atom. The molecule has 164 valence electrons. The van der Waals surface area contributed by atoms with Crippen molar-refractivity contribution in [3.05, 3.63) is 28.7 Å². The average molecular weight is 422 g/mol. The lowest BCUT2D eigenvalue weighted by molar-refractivity contribution is -0.182. The number of hydrogen-bond donors (Lipinski definition) is 0. The fourth-order valence-electron chi connectivity index (χ4n) is 5.14. The molecule has 1 saturated carbocycles. The number of halogens is 3. The summed E-state index contributed by atoms with van der Waals surface area (Å²) in [6, 6.07) is 1.94. The Morgan fingerprint density at radius 3 is 2.47 bits per heavy atom. The Morgan fingerprint density at radius 1 is 1.13 bits per heavy atom. The van der Waals surface area contributed by atoms with E-state index in [4.69, 9.17) is 10.1 Å². The maximum absolute atomic E-state index is 13.0. The molecule has 1 aliphatic heterocycles. The van der Waals surface area contributed by atoms with Crippen LogP contribution in [-0.4, -0.2) is 45.2 Å². The lowest BCUT2D eigenvalue weighted by atomic mass is 9.80. The number of amides is 1. The predicted octanol–water partition coefficient (Wildman–Crippen LogP) is 4.76. The molecule has 2 aromatic rings. The van der Waals surface area contributed by atoms with Crippen molar-refractivity contribution in [2.45, 2.75) is 70.9 Å². The molecule has 0 bridgehead atoms. The molecular formula is C22H29F3N4O. The third-order valence-electron chi connectivity index (χ3n) is 7.25. The second-order valence-corrected chi connectivity index (χ2v) is 9.11. The molecule has 1 aliphatic carbocycles. The summed E-state index contributed by atoms with van der Waals surface area (Å²) in [6.07, 6.45) is -0.939. The average Bonchev–Trinajstić information content (AvgIpc) is 3.12. The van der Waals surface area contributed by atoms with Crippen LogP contribution in [0.15, 0.2) is 6.07 Å². The number of piperidine rings is 1. The van der Waals surface area contributed by atoms with Gasteiger partial charge in [-0.05, 0) is 57.4 Å². The summed E-state index contributed by atoms with van der Waals surface area (Å²) < 4.78 is 41.0. The number of alkyl halides is 3. The third kappa shape index (κ3) is 3.81. The molecule has 0 aromatic carbocycles. The van der Waals surface area contributed by atoms with Crippen LogP contribution in [0.5, 0.6) is 0 Å². The maximum Gasteiger partial charge on any atom is 0.391 e. The quantitative estimate of drug-likeness (QED) is 0.670. The Hall–Kier alpha value is -2.12. The highest BCUT2D eigenvalue weighted by molar-refractivity contribution is 5.49. The van der Waals surface area contributed by atoms with E-state index in [1.54, 1.807) is 0 Å². The van der Waals surface area contributed by atoms with Crippen molar-refractivity contribution in [3.8, 4) is 0 Å². The van der Waals surface area contributed by atoms with Gasteiger partial charge in [0.2, 0.25) is 6.41 Å². The molecule has 2 atom stereocenters. The molecule has 0 spiro atoms. The van der Waals surface area contributed by atoms with E-state index in [9.17, 15) is 18.0 Å². The molecule has 1 amide bonds. The molecule has 2 aliphatic rings. The maximum atomic E-state index is 13.0. The number of aryl methyl sites for hydroxylation is 1. The minimum absolute atomic E-state index is 0.0361. The lowest BCUT2D eigenvalue weighted by Crippen LogP contribution is -2.38. The van der Waals surface area contributed by atoms with Crippen molar-refractivity contribution >= 4 is 12.1 Å². The molecule has 2 aromatic heterocycles. The number of carbonyl (C=O) groups is 1. The van der Waals surface area contributed by atoms with Crippen molar-refractivity contribution in [3.63, 3.8) is 0 Å². The van der Waals surface area contributed by atoms with Gasteiger partial charge in [-0.3, -0.25) is 4.79 Å². The highest BCUT2D eigenvalue weighted by Gasteiger charge is 2.42. The summed E-state index contributed by atoms with van der Waals surface area (Å²) in [7, 11) is 0. The van der Waals surface area contributed by atoms with E-state index in [1.165, 1.54) is 0 Å². The fourth-order valence-corrected chi connectivity index (χ4v) is 5.14. The number of likely N-dealkylation sites (tertiary alicyclic amines) is 1. The van der Waals surface area contributed by atoms with Gasteiger partial charge in [0.05, 0.1) is 17.3 Å². The van der Waals surface area contributed by atoms with Gasteiger partial charge in [0.1, 0.15) is 0 Å². The zero-order valence-electron chi connectivity index (χ0n) is 17.7. The normalized spacial score (nSPS) is 28.1. The topological polar surface area (TPSA) is 50.5 Å². The Balaban J connectivity index is 1.68. The van der Waals surface area contributed by atoms with Crippen LogP contribution in [0.4, 0.5) is 13.2 Å². The van der Waals surface area contributed by atoms with Gasteiger partial charge >= 0.3 is 6.18 Å². The largest absolute Gasteiger partial charge is 0.391 e. The molecule has 0 radical (unpaired) electrons. The number of rotatable bonds is 3. The molecule has 0 unspecified atom stereocenters. The monoisotopic (exact) mass is 422 g/mol. The molecule has 8 heteroatoms. The molecule has 5 nitrogen and oxygen atoms in total.